The molecule has 1 fully saturated rings. The first-order valence-electron chi connectivity index (χ1n) is 10.2. The Morgan fingerprint density at radius 3 is 2.93 bits per heavy atom. The van der Waals surface area contributed by atoms with Gasteiger partial charge in [0, 0.05) is 30.0 Å². The molecule has 0 saturated heterocycles. The van der Waals surface area contributed by atoms with Gasteiger partial charge in [-0.05, 0) is 37.7 Å². The molecule has 0 radical (unpaired) electrons. The lowest BCUT2D eigenvalue weighted by atomic mass is 9.84. The molecule has 3 heterocycles. The molecule has 0 aromatic carbocycles. The van der Waals surface area contributed by atoms with E-state index in [1.165, 1.54) is 0 Å². The van der Waals surface area contributed by atoms with Crippen LogP contribution in [-0.4, -0.2) is 25.4 Å². The molecule has 3 aromatic heterocycles. The van der Waals surface area contributed by atoms with Crippen LogP contribution in [0.2, 0.25) is 0 Å². The quantitative estimate of drug-likeness (QED) is 0.373. The fourth-order valence-electron chi connectivity index (χ4n) is 4.14. The van der Waals surface area contributed by atoms with Crippen LogP contribution in [0.1, 0.15) is 57.8 Å². The standard InChI is InChI=1S/C21H27N7O/c1-13(2)20(23)27-29-12-18-26-17-11-25-21-16(8-10-24-21)19(17)28(18)15-5-3-14(4-6-15)7-9-22/h8,10-11,13-15H,3-7,12H2,1-2H3,(H2,23,27)(H,24,25)/t14-,15+. The highest BCUT2D eigenvalue weighted by atomic mass is 16.6. The molecular weight excluding hydrogens is 366 g/mol. The smallest absolute Gasteiger partial charge is 0.174 e. The fourth-order valence-corrected chi connectivity index (χ4v) is 4.14. The molecule has 3 N–H and O–H groups in total. The summed E-state index contributed by atoms with van der Waals surface area (Å²) in [4.78, 5) is 18.0. The lowest BCUT2D eigenvalue weighted by molar-refractivity contribution is 0.117. The van der Waals surface area contributed by atoms with E-state index in [1.807, 2.05) is 26.1 Å². The molecule has 0 atom stereocenters. The summed E-state index contributed by atoms with van der Waals surface area (Å²) in [6, 6.07) is 4.68. The zero-order valence-corrected chi connectivity index (χ0v) is 16.9. The van der Waals surface area contributed by atoms with Gasteiger partial charge in [0.2, 0.25) is 0 Å². The maximum atomic E-state index is 9.01. The molecule has 1 saturated carbocycles. The van der Waals surface area contributed by atoms with Crippen LogP contribution < -0.4 is 5.73 Å². The molecule has 4 rings (SSSR count). The molecule has 0 bridgehead atoms. The van der Waals surface area contributed by atoms with Gasteiger partial charge in [-0.1, -0.05) is 19.0 Å². The van der Waals surface area contributed by atoms with E-state index >= 15 is 0 Å². The number of pyridine rings is 1. The summed E-state index contributed by atoms with van der Waals surface area (Å²) in [5.41, 5.74) is 8.69. The second-order valence-corrected chi connectivity index (χ2v) is 8.11. The van der Waals surface area contributed by atoms with Crippen LogP contribution in [0.5, 0.6) is 0 Å². The molecule has 0 amide bonds. The summed E-state index contributed by atoms with van der Waals surface area (Å²) in [6.07, 6.45) is 8.51. The van der Waals surface area contributed by atoms with Crippen LogP contribution in [0.15, 0.2) is 23.6 Å². The van der Waals surface area contributed by atoms with Crippen molar-refractivity contribution in [3.05, 3.63) is 24.3 Å². The Hall–Kier alpha value is -3.08. The molecule has 0 spiro atoms. The maximum Gasteiger partial charge on any atom is 0.174 e. The van der Waals surface area contributed by atoms with Crippen molar-refractivity contribution in [1.82, 2.24) is 19.5 Å². The van der Waals surface area contributed by atoms with Crippen molar-refractivity contribution < 1.29 is 4.84 Å². The molecule has 152 valence electrons. The lowest BCUT2D eigenvalue weighted by Gasteiger charge is -2.29. The van der Waals surface area contributed by atoms with Crippen molar-refractivity contribution >= 4 is 27.9 Å². The minimum absolute atomic E-state index is 0.132. The van der Waals surface area contributed by atoms with Crippen LogP contribution in [0.3, 0.4) is 0 Å². The number of aromatic nitrogens is 4. The summed E-state index contributed by atoms with van der Waals surface area (Å²) in [5, 5.41) is 14.1. The number of amidine groups is 1. The first-order chi connectivity index (χ1) is 14.1. The van der Waals surface area contributed by atoms with Gasteiger partial charge in [-0.2, -0.15) is 5.26 Å². The van der Waals surface area contributed by atoms with Crippen LogP contribution in [-0.2, 0) is 11.4 Å². The second kappa shape index (κ2) is 8.11. The molecule has 29 heavy (non-hydrogen) atoms. The molecule has 3 aromatic rings. The van der Waals surface area contributed by atoms with Crippen molar-refractivity contribution in [3.8, 4) is 6.07 Å². The third-order valence-corrected chi connectivity index (χ3v) is 5.82. The molecule has 8 nitrogen and oxygen atoms in total. The first-order valence-corrected chi connectivity index (χ1v) is 10.2. The molecule has 0 aliphatic heterocycles. The Labute approximate surface area is 169 Å². The number of nitrogens with two attached hydrogens (primary N) is 1. The Morgan fingerprint density at radius 2 is 2.21 bits per heavy atom. The minimum atomic E-state index is 0.132. The van der Waals surface area contributed by atoms with Crippen LogP contribution in [0.25, 0.3) is 22.1 Å². The van der Waals surface area contributed by atoms with Gasteiger partial charge in [-0.15, -0.1) is 0 Å². The number of oxime groups is 1. The van der Waals surface area contributed by atoms with Gasteiger partial charge in [0.1, 0.15) is 17.0 Å². The van der Waals surface area contributed by atoms with Crippen molar-refractivity contribution in [2.24, 2.45) is 22.7 Å². The Kier molecular flexibility index (Phi) is 5.38. The average molecular weight is 393 g/mol. The monoisotopic (exact) mass is 393 g/mol. The van der Waals surface area contributed by atoms with Gasteiger partial charge in [0.15, 0.2) is 12.4 Å². The van der Waals surface area contributed by atoms with Crippen LogP contribution >= 0.6 is 0 Å². The van der Waals surface area contributed by atoms with E-state index in [2.05, 4.69) is 25.8 Å². The second-order valence-electron chi connectivity index (χ2n) is 8.11. The molecule has 8 heteroatoms. The van der Waals surface area contributed by atoms with Gasteiger partial charge in [-0.3, -0.25) is 0 Å². The van der Waals surface area contributed by atoms with Crippen molar-refractivity contribution in [1.29, 1.82) is 5.26 Å². The van der Waals surface area contributed by atoms with E-state index in [1.54, 1.807) is 6.20 Å². The molecule has 1 aliphatic carbocycles. The number of rotatable bonds is 6. The molecular formula is C21H27N7O. The summed E-state index contributed by atoms with van der Waals surface area (Å²) in [7, 11) is 0. The normalized spacial score (nSPS) is 20.4. The number of nitriles is 1. The molecule has 0 unspecified atom stereocenters. The number of aromatic amines is 1. The Bertz CT molecular complexity index is 1060. The number of hydrogen-bond acceptors (Lipinski definition) is 5. The van der Waals surface area contributed by atoms with Gasteiger partial charge in [0.25, 0.3) is 0 Å². The summed E-state index contributed by atoms with van der Waals surface area (Å²) in [5.74, 6) is 1.93. The predicted octanol–water partition coefficient (Wildman–Crippen LogP) is 4.00. The van der Waals surface area contributed by atoms with Gasteiger partial charge in [0.05, 0.1) is 17.8 Å². The highest BCUT2D eigenvalue weighted by Crippen LogP contribution is 2.38. The zero-order chi connectivity index (χ0) is 20.4. The van der Waals surface area contributed by atoms with Crippen molar-refractivity contribution in [2.75, 3.05) is 0 Å². The maximum absolute atomic E-state index is 9.01. The van der Waals surface area contributed by atoms with E-state index in [0.29, 0.717) is 24.2 Å². The van der Waals surface area contributed by atoms with E-state index in [-0.39, 0.29) is 12.5 Å². The van der Waals surface area contributed by atoms with Crippen LogP contribution in [0, 0.1) is 23.2 Å². The molecule has 1 aliphatic rings. The third kappa shape index (κ3) is 3.77. The topological polar surface area (TPSA) is 118 Å². The van der Waals surface area contributed by atoms with E-state index in [0.717, 1.165) is 53.6 Å². The largest absolute Gasteiger partial charge is 0.386 e. The van der Waals surface area contributed by atoms with Gasteiger partial charge >= 0.3 is 0 Å². The van der Waals surface area contributed by atoms with Gasteiger partial charge < -0.3 is 20.1 Å². The minimum Gasteiger partial charge on any atom is -0.386 e. The SMILES string of the molecule is CC(C)/C(N)=N/OCc1nc2cnc3[nH]ccc3c2n1[C@H]1CC[C@@H](CC#N)CC1. The number of H-pyrrole nitrogens is 1. The number of imidazole rings is 1. The number of nitrogens with zero attached hydrogens (tertiary/aromatic N) is 5. The summed E-state index contributed by atoms with van der Waals surface area (Å²) in [6.45, 7) is 4.21. The predicted molar refractivity (Wildman–Crippen MR) is 112 cm³/mol. The zero-order valence-electron chi connectivity index (χ0n) is 16.9. The third-order valence-electron chi connectivity index (χ3n) is 5.82. The highest BCUT2D eigenvalue weighted by molar-refractivity contribution is 6.01. The Morgan fingerprint density at radius 1 is 1.41 bits per heavy atom. The van der Waals surface area contributed by atoms with Gasteiger partial charge in [-0.25, -0.2) is 9.97 Å². The van der Waals surface area contributed by atoms with E-state index in [9.17, 15) is 0 Å². The number of nitrogens with one attached hydrogen (secondary N) is 1. The van der Waals surface area contributed by atoms with E-state index in [4.69, 9.17) is 20.8 Å². The van der Waals surface area contributed by atoms with Crippen LogP contribution in [0.4, 0.5) is 0 Å². The van der Waals surface area contributed by atoms with E-state index < -0.39 is 0 Å². The Balaban J connectivity index is 1.70. The number of hydrogen-bond donors (Lipinski definition) is 2. The average Bonchev–Trinajstić information content (AvgIpc) is 3.32. The highest BCUT2D eigenvalue weighted by Gasteiger charge is 2.27. The van der Waals surface area contributed by atoms with Crippen molar-refractivity contribution in [3.63, 3.8) is 0 Å². The summed E-state index contributed by atoms with van der Waals surface area (Å²) >= 11 is 0. The lowest BCUT2D eigenvalue weighted by Crippen LogP contribution is -2.21. The number of fused-ring (bicyclic) bond motifs is 3. The fraction of sp³-hybridized carbons (Fsp3) is 0.524. The summed E-state index contributed by atoms with van der Waals surface area (Å²) < 4.78 is 2.30. The first kappa shape index (κ1) is 19.2. The van der Waals surface area contributed by atoms with Crippen molar-refractivity contribution in [2.45, 2.75) is 58.6 Å².